The van der Waals surface area contributed by atoms with Gasteiger partial charge >= 0.3 is 0 Å². The quantitative estimate of drug-likeness (QED) is 0.810. The number of pyridine rings is 1. The number of nitrogens with zero attached hydrogens (tertiary/aromatic N) is 1. The summed E-state index contributed by atoms with van der Waals surface area (Å²) in [6, 6.07) is 5.47. The predicted octanol–water partition coefficient (Wildman–Crippen LogP) is 2.99. The highest BCUT2D eigenvalue weighted by molar-refractivity contribution is 7.07. The van der Waals surface area contributed by atoms with Crippen LogP contribution < -0.4 is 11.1 Å². The largest absolute Gasteiger partial charge is 0.396 e. The van der Waals surface area contributed by atoms with Crippen molar-refractivity contribution >= 4 is 34.4 Å². The average Bonchev–Trinajstić information content (AvgIpc) is 2.72. The van der Waals surface area contributed by atoms with E-state index in [-0.39, 0.29) is 0 Å². The van der Waals surface area contributed by atoms with Crippen LogP contribution in [0.5, 0.6) is 0 Å². The van der Waals surface area contributed by atoms with E-state index < -0.39 is 0 Å². The van der Waals surface area contributed by atoms with Crippen LogP contribution in [0, 0.1) is 0 Å². The third kappa shape index (κ3) is 2.61. The summed E-state index contributed by atoms with van der Waals surface area (Å²) in [6.45, 7) is 0.709. The van der Waals surface area contributed by atoms with Crippen LogP contribution in [-0.2, 0) is 6.54 Å². The molecule has 0 saturated heterocycles. The van der Waals surface area contributed by atoms with Crippen LogP contribution in [0.15, 0.2) is 29.0 Å². The summed E-state index contributed by atoms with van der Waals surface area (Å²) >= 11 is 7.44. The van der Waals surface area contributed by atoms with Crippen LogP contribution in [-0.4, -0.2) is 4.98 Å². The lowest BCUT2D eigenvalue weighted by Crippen LogP contribution is -2.03. The number of anilines is 2. The van der Waals surface area contributed by atoms with Gasteiger partial charge in [0.15, 0.2) is 5.82 Å². The van der Waals surface area contributed by atoms with Crippen molar-refractivity contribution in [2.75, 3.05) is 11.1 Å². The Morgan fingerprint density at radius 2 is 2.27 bits per heavy atom. The first-order valence-electron chi connectivity index (χ1n) is 4.42. The normalized spacial score (nSPS) is 10.2. The van der Waals surface area contributed by atoms with E-state index in [0.717, 1.165) is 0 Å². The fourth-order valence-corrected chi connectivity index (χ4v) is 1.98. The van der Waals surface area contributed by atoms with Crippen molar-refractivity contribution in [1.82, 2.24) is 4.98 Å². The molecule has 0 aliphatic carbocycles. The van der Waals surface area contributed by atoms with E-state index in [0.29, 0.717) is 23.2 Å². The maximum atomic E-state index is 5.77. The maximum absolute atomic E-state index is 5.77. The summed E-state index contributed by atoms with van der Waals surface area (Å²) in [4.78, 5) is 4.10. The molecule has 0 bridgehead atoms. The fraction of sp³-hybridized carbons (Fsp3) is 0.100. The van der Waals surface area contributed by atoms with Crippen molar-refractivity contribution in [1.29, 1.82) is 0 Å². The Balaban J connectivity index is 2.07. The lowest BCUT2D eigenvalue weighted by atomic mass is 10.3. The number of nitrogen functional groups attached to an aromatic ring is 1. The highest BCUT2D eigenvalue weighted by Crippen LogP contribution is 2.19. The first kappa shape index (κ1) is 10.3. The van der Waals surface area contributed by atoms with Gasteiger partial charge in [0.2, 0.25) is 0 Å². The smallest absolute Gasteiger partial charge is 0.151 e. The summed E-state index contributed by atoms with van der Waals surface area (Å²) in [7, 11) is 0. The summed E-state index contributed by atoms with van der Waals surface area (Å²) in [5, 5.41) is 7.69. The molecule has 2 aromatic rings. The zero-order chi connectivity index (χ0) is 10.7. The predicted molar refractivity (Wildman–Crippen MR) is 65.3 cm³/mol. The number of hydrogen-bond donors (Lipinski definition) is 2. The Morgan fingerprint density at radius 3 is 3.00 bits per heavy atom. The molecular formula is C10H10ClN3S. The van der Waals surface area contributed by atoms with Crippen LogP contribution in [0.1, 0.15) is 5.56 Å². The number of nitrogens with two attached hydrogens (primary N) is 1. The zero-order valence-electron chi connectivity index (χ0n) is 7.90. The molecule has 0 unspecified atom stereocenters. The number of rotatable bonds is 3. The minimum Gasteiger partial charge on any atom is -0.396 e. The summed E-state index contributed by atoms with van der Waals surface area (Å²) < 4.78 is 0. The second kappa shape index (κ2) is 4.51. The van der Waals surface area contributed by atoms with Crippen molar-refractivity contribution < 1.29 is 0 Å². The standard InChI is InChI=1S/C10H10ClN3S/c11-9-2-1-8(12)10(14-9)13-5-7-3-4-15-6-7/h1-4,6H,5,12H2,(H,13,14). The Hall–Kier alpha value is -1.26. The van der Waals surface area contributed by atoms with E-state index in [1.54, 1.807) is 23.5 Å². The van der Waals surface area contributed by atoms with Gasteiger partial charge in [-0.1, -0.05) is 11.6 Å². The average molecular weight is 240 g/mol. The molecule has 0 saturated carbocycles. The van der Waals surface area contributed by atoms with Crippen molar-refractivity contribution in [2.24, 2.45) is 0 Å². The van der Waals surface area contributed by atoms with E-state index >= 15 is 0 Å². The number of hydrogen-bond acceptors (Lipinski definition) is 4. The SMILES string of the molecule is Nc1ccc(Cl)nc1NCc1ccsc1. The fourth-order valence-electron chi connectivity index (χ4n) is 1.17. The lowest BCUT2D eigenvalue weighted by molar-refractivity contribution is 1.12. The van der Waals surface area contributed by atoms with Crippen molar-refractivity contribution in [3.05, 3.63) is 39.7 Å². The molecule has 2 heterocycles. The van der Waals surface area contributed by atoms with E-state index in [2.05, 4.69) is 21.7 Å². The van der Waals surface area contributed by atoms with Gasteiger partial charge in [0.05, 0.1) is 5.69 Å². The van der Waals surface area contributed by atoms with Gasteiger partial charge in [0, 0.05) is 6.54 Å². The Bertz CT molecular complexity index is 442. The van der Waals surface area contributed by atoms with Gasteiger partial charge in [0.25, 0.3) is 0 Å². The molecule has 0 amide bonds. The van der Waals surface area contributed by atoms with Gasteiger partial charge in [-0.25, -0.2) is 4.98 Å². The molecule has 2 aromatic heterocycles. The van der Waals surface area contributed by atoms with Crippen LogP contribution in [0.25, 0.3) is 0 Å². The van der Waals surface area contributed by atoms with E-state index in [1.807, 2.05) is 5.38 Å². The minimum atomic E-state index is 0.442. The first-order chi connectivity index (χ1) is 7.25. The van der Waals surface area contributed by atoms with Crippen molar-refractivity contribution in [3.63, 3.8) is 0 Å². The van der Waals surface area contributed by atoms with Gasteiger partial charge in [-0.05, 0) is 34.5 Å². The molecule has 0 aliphatic heterocycles. The number of nitrogens with one attached hydrogen (secondary N) is 1. The maximum Gasteiger partial charge on any atom is 0.151 e. The van der Waals surface area contributed by atoms with Crippen LogP contribution >= 0.6 is 22.9 Å². The Labute approximate surface area is 96.9 Å². The number of thiophene rings is 1. The summed E-state index contributed by atoms with van der Waals surface area (Å²) in [5.41, 5.74) is 7.56. The summed E-state index contributed by atoms with van der Waals surface area (Å²) in [5.74, 6) is 0.633. The molecule has 0 radical (unpaired) electrons. The third-order valence-electron chi connectivity index (χ3n) is 1.93. The molecule has 2 rings (SSSR count). The molecule has 15 heavy (non-hydrogen) atoms. The Kier molecular flexibility index (Phi) is 3.08. The van der Waals surface area contributed by atoms with Gasteiger partial charge < -0.3 is 11.1 Å². The molecule has 0 spiro atoms. The molecule has 78 valence electrons. The zero-order valence-corrected chi connectivity index (χ0v) is 9.48. The molecule has 0 fully saturated rings. The lowest BCUT2D eigenvalue weighted by Gasteiger charge is -2.07. The van der Waals surface area contributed by atoms with Gasteiger partial charge in [-0.2, -0.15) is 11.3 Å². The number of halogens is 1. The first-order valence-corrected chi connectivity index (χ1v) is 5.75. The van der Waals surface area contributed by atoms with E-state index in [4.69, 9.17) is 17.3 Å². The second-order valence-corrected chi connectivity index (χ2v) is 4.22. The molecule has 0 atom stereocenters. The molecule has 3 N–H and O–H groups in total. The molecule has 0 aliphatic rings. The van der Waals surface area contributed by atoms with E-state index in [1.165, 1.54) is 5.56 Å². The van der Waals surface area contributed by atoms with Gasteiger partial charge in [-0.15, -0.1) is 0 Å². The topological polar surface area (TPSA) is 50.9 Å². The Morgan fingerprint density at radius 1 is 1.40 bits per heavy atom. The highest BCUT2D eigenvalue weighted by Gasteiger charge is 2.01. The van der Waals surface area contributed by atoms with E-state index in [9.17, 15) is 0 Å². The summed E-state index contributed by atoms with van der Waals surface area (Å²) in [6.07, 6.45) is 0. The molecular weight excluding hydrogens is 230 g/mol. The second-order valence-electron chi connectivity index (χ2n) is 3.06. The van der Waals surface area contributed by atoms with Crippen molar-refractivity contribution in [2.45, 2.75) is 6.54 Å². The third-order valence-corrected chi connectivity index (χ3v) is 2.88. The van der Waals surface area contributed by atoms with Gasteiger partial charge in [-0.3, -0.25) is 0 Å². The van der Waals surface area contributed by atoms with Gasteiger partial charge in [0.1, 0.15) is 5.15 Å². The van der Waals surface area contributed by atoms with Crippen LogP contribution in [0.4, 0.5) is 11.5 Å². The minimum absolute atomic E-state index is 0.442. The van der Waals surface area contributed by atoms with Crippen LogP contribution in [0.3, 0.4) is 0 Å². The van der Waals surface area contributed by atoms with Crippen molar-refractivity contribution in [3.8, 4) is 0 Å². The molecule has 3 nitrogen and oxygen atoms in total. The van der Waals surface area contributed by atoms with Crippen LogP contribution in [0.2, 0.25) is 5.15 Å². The number of aromatic nitrogens is 1. The molecule has 5 heteroatoms. The monoisotopic (exact) mass is 239 g/mol. The molecule has 0 aromatic carbocycles. The highest BCUT2D eigenvalue weighted by atomic mass is 35.5.